The summed E-state index contributed by atoms with van der Waals surface area (Å²) in [6, 6.07) is 0. The average molecular weight is 528 g/mol. The van der Waals surface area contributed by atoms with Crippen molar-refractivity contribution >= 4 is 5.91 Å². The lowest BCUT2D eigenvalue weighted by Gasteiger charge is -2.71. The van der Waals surface area contributed by atoms with Crippen molar-refractivity contribution in [2.45, 2.75) is 118 Å². The normalized spacial score (nSPS) is 51.6. The highest BCUT2D eigenvalue weighted by Gasteiger charge is 2.70. The molecule has 0 N–H and O–H groups in total. The Kier molecular flexibility index (Phi) is 6.64. The first-order chi connectivity index (χ1) is 17.5. The summed E-state index contributed by atoms with van der Waals surface area (Å²) in [4.78, 5) is 15.7. The molecule has 0 aromatic carbocycles. The summed E-state index contributed by atoms with van der Waals surface area (Å²) in [5, 5.41) is 0. The molecule has 216 valence electrons. The Hall–Kier alpha value is -0.870. The molecule has 4 heteroatoms. The maximum atomic E-state index is 13.9. The summed E-state index contributed by atoms with van der Waals surface area (Å²) >= 11 is 0. The second kappa shape index (κ2) is 8.81. The first-order valence-corrected chi connectivity index (χ1v) is 15.5. The zero-order valence-corrected chi connectivity index (χ0v) is 26.5. The molecule has 4 nitrogen and oxygen atoms in total. The number of allylic oxidation sites excluding steroid dienone is 2. The number of hydrogen-bond donors (Lipinski definition) is 0. The van der Waals surface area contributed by atoms with Crippen LogP contribution in [0.1, 0.15) is 106 Å². The van der Waals surface area contributed by atoms with Gasteiger partial charge in [-0.3, -0.25) is 4.79 Å². The second-order valence-electron chi connectivity index (χ2n) is 16.4. The first-order valence-electron chi connectivity index (χ1n) is 15.5. The molecule has 0 spiro atoms. The number of carbonyl (C=O) groups excluding carboxylic acids is 1. The molecule has 5 rings (SSSR count). The van der Waals surface area contributed by atoms with Gasteiger partial charge in [-0.05, 0) is 104 Å². The zero-order chi connectivity index (χ0) is 28.1. The lowest BCUT2D eigenvalue weighted by atomic mass is 9.33. The van der Waals surface area contributed by atoms with E-state index in [1.807, 2.05) is 33.2 Å². The van der Waals surface area contributed by atoms with Gasteiger partial charge in [-0.15, -0.1) is 0 Å². The van der Waals surface area contributed by atoms with Crippen molar-refractivity contribution in [2.24, 2.45) is 50.2 Å². The molecular weight excluding hydrogens is 470 g/mol. The summed E-state index contributed by atoms with van der Waals surface area (Å²) in [7, 11) is 7.61. The fraction of sp³-hybridized carbons (Fsp3) is 0.912. The Morgan fingerprint density at radius 1 is 0.816 bits per heavy atom. The van der Waals surface area contributed by atoms with Gasteiger partial charge in [0.15, 0.2) is 0 Å². The van der Waals surface area contributed by atoms with Crippen molar-refractivity contribution in [1.82, 2.24) is 4.90 Å². The number of hydrogen-bond acceptors (Lipinski definition) is 3. The Balaban J connectivity index is 1.58. The third-order valence-corrected chi connectivity index (χ3v) is 14.1. The van der Waals surface area contributed by atoms with E-state index in [2.05, 4.69) is 54.5 Å². The van der Waals surface area contributed by atoms with Gasteiger partial charge in [0, 0.05) is 33.7 Å². The molecule has 0 aromatic rings. The van der Waals surface area contributed by atoms with Crippen LogP contribution >= 0.6 is 0 Å². The molecule has 38 heavy (non-hydrogen) atoms. The van der Waals surface area contributed by atoms with E-state index < -0.39 is 5.41 Å². The highest BCUT2D eigenvalue weighted by atomic mass is 16.5. The van der Waals surface area contributed by atoms with Crippen LogP contribution in [0.15, 0.2) is 11.6 Å². The van der Waals surface area contributed by atoms with Gasteiger partial charge in [-0.25, -0.2) is 0 Å². The van der Waals surface area contributed by atoms with Gasteiger partial charge < -0.3 is 14.4 Å². The lowest BCUT2D eigenvalue weighted by Crippen LogP contribution is -2.67. The SMILES string of the molecule is COC1CC(C)(C)CC2C3=CCC4C5(C)CCC(OC)C(C)(C(=O)N(C)C)C5CCC4(C)C3(C)CCC12C. The molecule has 0 aromatic heterocycles. The van der Waals surface area contributed by atoms with E-state index in [9.17, 15) is 4.79 Å². The highest BCUT2D eigenvalue weighted by Crippen LogP contribution is 2.76. The smallest absolute Gasteiger partial charge is 0.230 e. The number of carbonyl (C=O) groups is 1. The molecule has 5 aliphatic carbocycles. The molecular formula is C34H57NO3. The minimum absolute atomic E-state index is 0.00375. The number of amides is 1. The first kappa shape index (κ1) is 28.7. The second-order valence-corrected chi connectivity index (χ2v) is 16.4. The summed E-state index contributed by atoms with van der Waals surface area (Å²) in [5.74, 6) is 1.79. The largest absolute Gasteiger partial charge is 0.381 e. The molecule has 5 aliphatic rings. The van der Waals surface area contributed by atoms with Crippen LogP contribution in [0.25, 0.3) is 0 Å². The zero-order valence-electron chi connectivity index (χ0n) is 26.5. The third kappa shape index (κ3) is 3.50. The molecule has 4 fully saturated rings. The molecule has 0 saturated heterocycles. The maximum Gasteiger partial charge on any atom is 0.230 e. The summed E-state index contributed by atoms with van der Waals surface area (Å²) in [5.41, 5.74) is 2.41. The topological polar surface area (TPSA) is 38.8 Å². The van der Waals surface area contributed by atoms with Crippen molar-refractivity contribution in [2.75, 3.05) is 28.3 Å². The summed E-state index contributed by atoms with van der Waals surface area (Å²) < 4.78 is 12.3. The Morgan fingerprint density at radius 2 is 1.47 bits per heavy atom. The summed E-state index contributed by atoms with van der Waals surface area (Å²) in [6.07, 6.45) is 13.6. The van der Waals surface area contributed by atoms with Gasteiger partial charge >= 0.3 is 0 Å². The average Bonchev–Trinajstić information content (AvgIpc) is 2.84. The number of fused-ring (bicyclic) bond motifs is 7. The van der Waals surface area contributed by atoms with Crippen LogP contribution in [0.4, 0.5) is 0 Å². The predicted octanol–water partition coefficient (Wildman–Crippen LogP) is 7.52. The van der Waals surface area contributed by atoms with Crippen molar-refractivity contribution in [3.63, 3.8) is 0 Å². The van der Waals surface area contributed by atoms with Crippen molar-refractivity contribution in [3.8, 4) is 0 Å². The quantitative estimate of drug-likeness (QED) is 0.356. The van der Waals surface area contributed by atoms with E-state index in [4.69, 9.17) is 9.47 Å². The number of methoxy groups -OCH3 is 2. The van der Waals surface area contributed by atoms with Gasteiger partial charge in [0.05, 0.1) is 17.6 Å². The van der Waals surface area contributed by atoms with Crippen molar-refractivity contribution in [1.29, 1.82) is 0 Å². The van der Waals surface area contributed by atoms with E-state index in [-0.39, 0.29) is 33.7 Å². The van der Waals surface area contributed by atoms with Gasteiger partial charge in [-0.2, -0.15) is 0 Å². The molecule has 4 saturated carbocycles. The minimum atomic E-state index is -0.471. The van der Waals surface area contributed by atoms with E-state index in [0.717, 1.165) is 25.7 Å². The van der Waals surface area contributed by atoms with E-state index in [1.54, 1.807) is 5.57 Å². The van der Waals surface area contributed by atoms with Crippen LogP contribution in [0.2, 0.25) is 0 Å². The minimum Gasteiger partial charge on any atom is -0.381 e. The van der Waals surface area contributed by atoms with Crippen LogP contribution in [0.3, 0.4) is 0 Å². The van der Waals surface area contributed by atoms with E-state index >= 15 is 0 Å². The Labute approximate surface area is 233 Å². The fourth-order valence-corrected chi connectivity index (χ4v) is 11.8. The number of ether oxygens (including phenoxy) is 2. The van der Waals surface area contributed by atoms with Gasteiger partial charge in [0.2, 0.25) is 5.91 Å². The standard InChI is InChI=1S/C34H57NO3/c1-29(2)20-23-22-12-13-24-31(4)16-15-26(37-10)34(7,28(36)35(8)9)25(31)14-17-33(24,6)32(22,5)19-18-30(23,3)27(21-29)38-11/h12,23-27H,13-21H2,1-11H3. The monoisotopic (exact) mass is 527 g/mol. The molecule has 0 aliphatic heterocycles. The van der Waals surface area contributed by atoms with Gasteiger partial charge in [0.1, 0.15) is 0 Å². The molecule has 1 amide bonds. The molecule has 0 bridgehead atoms. The fourth-order valence-electron chi connectivity index (χ4n) is 11.8. The van der Waals surface area contributed by atoms with Crippen LogP contribution in [-0.2, 0) is 14.3 Å². The Bertz CT molecular complexity index is 1000. The van der Waals surface area contributed by atoms with Crippen LogP contribution in [0, 0.1) is 50.2 Å². The van der Waals surface area contributed by atoms with Crippen LogP contribution < -0.4 is 0 Å². The third-order valence-electron chi connectivity index (χ3n) is 14.1. The van der Waals surface area contributed by atoms with Crippen molar-refractivity contribution in [3.05, 3.63) is 11.6 Å². The predicted molar refractivity (Wildman–Crippen MR) is 155 cm³/mol. The Morgan fingerprint density at radius 3 is 2.08 bits per heavy atom. The van der Waals surface area contributed by atoms with Crippen LogP contribution in [-0.4, -0.2) is 51.3 Å². The van der Waals surface area contributed by atoms with Gasteiger partial charge in [0.25, 0.3) is 0 Å². The molecule has 0 heterocycles. The summed E-state index contributed by atoms with van der Waals surface area (Å²) in [6.45, 7) is 17.6. The van der Waals surface area contributed by atoms with E-state index in [1.165, 1.54) is 32.1 Å². The molecule has 10 unspecified atom stereocenters. The number of nitrogens with zero attached hydrogens (tertiary/aromatic N) is 1. The molecule has 0 radical (unpaired) electrons. The van der Waals surface area contributed by atoms with E-state index in [0.29, 0.717) is 29.3 Å². The van der Waals surface area contributed by atoms with Crippen molar-refractivity contribution < 1.29 is 14.3 Å². The maximum absolute atomic E-state index is 13.9. The van der Waals surface area contributed by atoms with Crippen LogP contribution in [0.5, 0.6) is 0 Å². The lowest BCUT2D eigenvalue weighted by molar-refractivity contribution is -0.219. The molecule has 10 atom stereocenters. The number of rotatable bonds is 3. The van der Waals surface area contributed by atoms with Gasteiger partial charge in [-0.1, -0.05) is 53.2 Å². The highest BCUT2D eigenvalue weighted by molar-refractivity contribution is 5.83.